The summed E-state index contributed by atoms with van der Waals surface area (Å²) in [6.07, 6.45) is 2.99. The van der Waals surface area contributed by atoms with Gasteiger partial charge in [-0.3, -0.25) is 4.79 Å². The normalized spacial score (nSPS) is 27.0. The molecule has 1 saturated carbocycles. The van der Waals surface area contributed by atoms with Gasteiger partial charge >= 0.3 is 0 Å². The molecule has 2 aromatic rings. The molecule has 4 atom stereocenters. The van der Waals surface area contributed by atoms with Crippen molar-refractivity contribution < 1.29 is 13.9 Å². The molecule has 1 aromatic carbocycles. The fraction of sp³-hybridized carbons (Fsp3) is 0.500. The van der Waals surface area contributed by atoms with Gasteiger partial charge in [0.15, 0.2) is 0 Å². The molecule has 4 rings (SSSR count). The van der Waals surface area contributed by atoms with Gasteiger partial charge in [-0.25, -0.2) is 4.39 Å². The number of ether oxygens (including phenoxy) is 1. The van der Waals surface area contributed by atoms with Crippen LogP contribution in [-0.4, -0.2) is 39.2 Å². The minimum Gasteiger partial charge on any atom is -0.378 e. The highest BCUT2D eigenvalue weighted by Crippen LogP contribution is 2.38. The standard InChI is InChI=1S/C16H18FN5O2/c17-11-3-1-9(2-4-11)14(15-19-21-22-20-15)18-16(23)13-6-5-12-7-10(13)8-24-12/h1-4,10,12-14H,5-8H2,(H,18,23)(H,19,20,21,22)/t10-,12+,13-,14?/m1/s1. The van der Waals surface area contributed by atoms with E-state index in [0.29, 0.717) is 24.1 Å². The van der Waals surface area contributed by atoms with Crippen molar-refractivity contribution in [1.82, 2.24) is 25.9 Å². The molecule has 8 heteroatoms. The summed E-state index contributed by atoms with van der Waals surface area (Å²) in [5.41, 5.74) is 0.711. The summed E-state index contributed by atoms with van der Waals surface area (Å²) in [6.45, 7) is 0.645. The van der Waals surface area contributed by atoms with Gasteiger partial charge < -0.3 is 10.1 Å². The van der Waals surface area contributed by atoms with Crippen molar-refractivity contribution in [2.45, 2.75) is 31.4 Å². The predicted molar refractivity (Wildman–Crippen MR) is 81.1 cm³/mol. The molecule has 2 aliphatic rings. The molecular weight excluding hydrogens is 313 g/mol. The topological polar surface area (TPSA) is 92.8 Å². The predicted octanol–water partition coefficient (Wildman–Crippen LogP) is 1.36. The zero-order chi connectivity index (χ0) is 16.5. The van der Waals surface area contributed by atoms with E-state index in [1.165, 1.54) is 12.1 Å². The zero-order valence-corrected chi connectivity index (χ0v) is 13.0. The van der Waals surface area contributed by atoms with Crippen molar-refractivity contribution in [3.63, 3.8) is 0 Å². The fourth-order valence-corrected chi connectivity index (χ4v) is 3.65. The number of halogens is 1. The smallest absolute Gasteiger partial charge is 0.224 e. The Hall–Kier alpha value is -2.35. The van der Waals surface area contributed by atoms with Crippen LogP contribution in [0.3, 0.4) is 0 Å². The van der Waals surface area contributed by atoms with Crippen molar-refractivity contribution in [1.29, 1.82) is 0 Å². The Morgan fingerprint density at radius 2 is 2.17 bits per heavy atom. The summed E-state index contributed by atoms with van der Waals surface area (Å²) in [7, 11) is 0. The first-order valence-electron chi connectivity index (χ1n) is 8.11. The summed E-state index contributed by atoms with van der Waals surface area (Å²) < 4.78 is 18.9. The van der Waals surface area contributed by atoms with Gasteiger partial charge in [-0.2, -0.15) is 5.21 Å². The van der Waals surface area contributed by atoms with Crippen LogP contribution in [0, 0.1) is 17.7 Å². The lowest BCUT2D eigenvalue weighted by molar-refractivity contribution is -0.127. The van der Waals surface area contributed by atoms with Crippen molar-refractivity contribution in [3.05, 3.63) is 41.5 Å². The Kier molecular flexibility index (Phi) is 3.97. The lowest BCUT2D eigenvalue weighted by Crippen LogP contribution is -2.39. The lowest BCUT2D eigenvalue weighted by atomic mass is 9.79. The van der Waals surface area contributed by atoms with Crippen molar-refractivity contribution >= 4 is 5.91 Å². The number of nitrogens with zero attached hydrogens (tertiary/aromatic N) is 3. The van der Waals surface area contributed by atoms with Gasteiger partial charge in [0, 0.05) is 5.92 Å². The summed E-state index contributed by atoms with van der Waals surface area (Å²) in [6, 6.07) is 5.38. The van der Waals surface area contributed by atoms with Gasteiger partial charge in [-0.1, -0.05) is 17.3 Å². The first-order valence-corrected chi connectivity index (χ1v) is 8.11. The van der Waals surface area contributed by atoms with Crippen LogP contribution < -0.4 is 5.32 Å². The molecule has 2 N–H and O–H groups in total. The van der Waals surface area contributed by atoms with Gasteiger partial charge in [-0.15, -0.1) is 10.2 Å². The van der Waals surface area contributed by atoms with Gasteiger partial charge in [-0.05, 0) is 42.9 Å². The SMILES string of the molecule is O=C(NC(c1ccc(F)cc1)c1nn[nH]n1)[C@@H]1CC[C@H]2C[C@@H]1CO2. The van der Waals surface area contributed by atoms with Gasteiger partial charge in [0.05, 0.1) is 12.7 Å². The second-order valence-corrected chi connectivity index (χ2v) is 6.40. The minimum atomic E-state index is -0.558. The number of hydrogen-bond donors (Lipinski definition) is 2. The summed E-state index contributed by atoms with van der Waals surface area (Å²) in [5, 5.41) is 16.9. The van der Waals surface area contributed by atoms with Gasteiger partial charge in [0.2, 0.25) is 11.7 Å². The third kappa shape index (κ3) is 2.89. The number of nitrogens with one attached hydrogen (secondary N) is 2. The van der Waals surface area contributed by atoms with E-state index in [1.54, 1.807) is 12.1 Å². The molecule has 7 nitrogen and oxygen atoms in total. The third-order valence-electron chi connectivity index (χ3n) is 4.93. The highest BCUT2D eigenvalue weighted by atomic mass is 19.1. The molecule has 24 heavy (non-hydrogen) atoms. The van der Waals surface area contributed by atoms with Crippen LogP contribution in [0.25, 0.3) is 0 Å². The van der Waals surface area contributed by atoms with Crippen LogP contribution in [0.4, 0.5) is 4.39 Å². The number of fused-ring (bicyclic) bond motifs is 2. The minimum absolute atomic E-state index is 0.0388. The van der Waals surface area contributed by atoms with E-state index in [9.17, 15) is 9.18 Å². The van der Waals surface area contributed by atoms with Crippen LogP contribution in [-0.2, 0) is 9.53 Å². The molecule has 0 spiro atoms. The average molecular weight is 331 g/mol. The molecule has 1 aliphatic carbocycles. The average Bonchev–Trinajstić information content (AvgIpc) is 3.24. The van der Waals surface area contributed by atoms with E-state index in [2.05, 4.69) is 25.9 Å². The fourth-order valence-electron chi connectivity index (χ4n) is 3.65. The Bertz CT molecular complexity index is 706. The highest BCUT2D eigenvalue weighted by molar-refractivity contribution is 5.80. The summed E-state index contributed by atoms with van der Waals surface area (Å²) in [4.78, 5) is 12.8. The molecule has 1 amide bonds. The van der Waals surface area contributed by atoms with Gasteiger partial charge in [0.1, 0.15) is 11.9 Å². The highest BCUT2D eigenvalue weighted by Gasteiger charge is 2.41. The number of rotatable bonds is 4. The van der Waals surface area contributed by atoms with Gasteiger partial charge in [0.25, 0.3) is 0 Å². The van der Waals surface area contributed by atoms with Crippen LogP contribution in [0.5, 0.6) is 0 Å². The molecule has 1 unspecified atom stereocenters. The molecule has 1 aromatic heterocycles. The molecule has 2 heterocycles. The number of amides is 1. The van der Waals surface area contributed by atoms with Crippen molar-refractivity contribution in [3.8, 4) is 0 Å². The van der Waals surface area contributed by atoms with E-state index in [0.717, 1.165) is 19.3 Å². The first-order chi connectivity index (χ1) is 11.7. The van der Waals surface area contributed by atoms with Crippen LogP contribution in [0.1, 0.15) is 36.7 Å². The number of tetrazole rings is 1. The van der Waals surface area contributed by atoms with Crippen LogP contribution >= 0.6 is 0 Å². The number of hydrogen-bond acceptors (Lipinski definition) is 5. The van der Waals surface area contributed by atoms with E-state index in [-0.39, 0.29) is 23.6 Å². The second kappa shape index (κ2) is 6.27. The largest absolute Gasteiger partial charge is 0.378 e. The van der Waals surface area contributed by atoms with E-state index < -0.39 is 6.04 Å². The molecule has 2 fully saturated rings. The number of benzene rings is 1. The monoisotopic (exact) mass is 331 g/mol. The number of H-pyrrole nitrogens is 1. The maximum Gasteiger partial charge on any atom is 0.224 e. The quantitative estimate of drug-likeness (QED) is 0.882. The van der Waals surface area contributed by atoms with Crippen molar-refractivity contribution in [2.75, 3.05) is 6.61 Å². The number of aromatic nitrogens is 4. The molecule has 126 valence electrons. The van der Waals surface area contributed by atoms with E-state index in [1.807, 2.05) is 0 Å². The number of carbonyl (C=O) groups excluding carboxylic acids is 1. The first kappa shape index (κ1) is 15.2. The van der Waals surface area contributed by atoms with E-state index in [4.69, 9.17) is 4.74 Å². The summed E-state index contributed by atoms with van der Waals surface area (Å²) >= 11 is 0. The molecule has 1 saturated heterocycles. The third-order valence-corrected chi connectivity index (χ3v) is 4.93. The molecule has 1 aliphatic heterocycles. The Morgan fingerprint density at radius 3 is 2.92 bits per heavy atom. The van der Waals surface area contributed by atoms with E-state index >= 15 is 0 Å². The number of aromatic amines is 1. The molecule has 2 bridgehead atoms. The number of carbonyl (C=O) groups is 1. The van der Waals surface area contributed by atoms with Crippen LogP contribution in [0.2, 0.25) is 0 Å². The summed E-state index contributed by atoms with van der Waals surface area (Å²) in [5.74, 6) is 0.175. The Balaban J connectivity index is 1.55. The lowest BCUT2D eigenvalue weighted by Gasteiger charge is -2.27. The Morgan fingerprint density at radius 1 is 1.33 bits per heavy atom. The molecule has 0 radical (unpaired) electrons. The second-order valence-electron chi connectivity index (χ2n) is 6.40. The van der Waals surface area contributed by atoms with Crippen LogP contribution in [0.15, 0.2) is 24.3 Å². The Labute approximate surface area is 138 Å². The maximum absolute atomic E-state index is 13.2. The molecular formula is C16H18FN5O2. The maximum atomic E-state index is 13.2. The van der Waals surface area contributed by atoms with Crippen molar-refractivity contribution in [2.24, 2.45) is 11.8 Å². The zero-order valence-electron chi connectivity index (χ0n) is 13.0.